The van der Waals surface area contributed by atoms with Gasteiger partial charge >= 0.3 is 6.03 Å². The maximum atomic E-state index is 12.2. The predicted molar refractivity (Wildman–Crippen MR) is 184 cm³/mol. The number of rotatable bonds is 19. The SMILES string of the molecule is Cc1ccc(C(CO)CCCNC(=O)NCC(O)C(O)C(O)C(O)CO)cc1CNC1(c2cnccc2-c2ccccc2OC2CC2)CC1. The number of hydrogen-bond donors (Lipinski definition) is 9. The fraction of sp³-hybridized carbons (Fsp3) is 0.514. The van der Waals surface area contributed by atoms with E-state index in [-0.39, 0.29) is 24.6 Å². The van der Waals surface area contributed by atoms with Crippen molar-refractivity contribution < 1.29 is 40.2 Å². The number of urea groups is 1. The summed E-state index contributed by atoms with van der Waals surface area (Å²) in [5.41, 5.74) is 6.53. The molecule has 1 heterocycles. The molecule has 9 N–H and O–H groups in total. The number of carbonyl (C=O) groups is 1. The molecule has 5 atom stereocenters. The Morgan fingerprint density at radius 3 is 2.43 bits per heavy atom. The van der Waals surface area contributed by atoms with E-state index in [1.165, 1.54) is 5.56 Å². The normalized spacial score (nSPS) is 18.2. The number of ether oxygens (including phenoxy) is 1. The molecule has 0 spiro atoms. The largest absolute Gasteiger partial charge is 0.490 e. The number of benzene rings is 2. The van der Waals surface area contributed by atoms with E-state index in [0.717, 1.165) is 59.3 Å². The van der Waals surface area contributed by atoms with E-state index in [4.69, 9.17) is 9.84 Å². The van der Waals surface area contributed by atoms with Gasteiger partial charge in [-0.15, -0.1) is 0 Å². The van der Waals surface area contributed by atoms with Crippen LogP contribution < -0.4 is 20.7 Å². The minimum absolute atomic E-state index is 0.0421. The zero-order valence-corrected chi connectivity index (χ0v) is 28.0. The fourth-order valence-electron chi connectivity index (χ4n) is 6.09. The summed E-state index contributed by atoms with van der Waals surface area (Å²) in [6.07, 6.45) is 2.86. The van der Waals surface area contributed by atoms with Gasteiger partial charge in [0.25, 0.3) is 0 Å². The second kappa shape index (κ2) is 16.9. The maximum absolute atomic E-state index is 12.2. The van der Waals surface area contributed by atoms with Crippen molar-refractivity contribution >= 4 is 6.03 Å². The van der Waals surface area contributed by atoms with Crippen LogP contribution in [-0.4, -0.2) is 98.5 Å². The fourth-order valence-corrected chi connectivity index (χ4v) is 6.09. The lowest BCUT2D eigenvalue weighted by Crippen LogP contribution is -2.50. The molecule has 0 bridgehead atoms. The molecule has 2 fully saturated rings. The van der Waals surface area contributed by atoms with Gasteiger partial charge in [-0.2, -0.15) is 0 Å². The maximum Gasteiger partial charge on any atom is 0.314 e. The van der Waals surface area contributed by atoms with Crippen molar-refractivity contribution in [3.8, 4) is 16.9 Å². The third kappa shape index (κ3) is 9.55. The zero-order valence-electron chi connectivity index (χ0n) is 28.0. The molecule has 3 aromatic rings. The quantitative estimate of drug-likeness (QED) is 0.0846. The second-order valence-electron chi connectivity index (χ2n) is 13.3. The van der Waals surface area contributed by atoms with Gasteiger partial charge in [0, 0.05) is 55.7 Å². The van der Waals surface area contributed by atoms with Crippen LogP contribution >= 0.6 is 0 Å². The Balaban J connectivity index is 1.14. The van der Waals surface area contributed by atoms with Gasteiger partial charge < -0.3 is 51.3 Å². The summed E-state index contributed by atoms with van der Waals surface area (Å²) in [4.78, 5) is 16.7. The van der Waals surface area contributed by atoms with Gasteiger partial charge in [0.1, 0.15) is 24.1 Å². The van der Waals surface area contributed by atoms with Crippen LogP contribution in [0, 0.1) is 6.92 Å². The van der Waals surface area contributed by atoms with E-state index in [1.54, 1.807) is 0 Å². The van der Waals surface area contributed by atoms with E-state index < -0.39 is 37.1 Å². The summed E-state index contributed by atoms with van der Waals surface area (Å²) >= 11 is 0. The number of para-hydroxylation sites is 1. The van der Waals surface area contributed by atoms with Crippen molar-refractivity contribution in [1.82, 2.24) is 20.9 Å². The van der Waals surface area contributed by atoms with Crippen molar-refractivity contribution in [3.63, 3.8) is 0 Å². The first-order chi connectivity index (χ1) is 23.7. The lowest BCUT2D eigenvalue weighted by atomic mass is 9.91. The summed E-state index contributed by atoms with van der Waals surface area (Å²) < 4.78 is 6.26. The Labute approximate surface area is 287 Å². The van der Waals surface area contributed by atoms with E-state index in [9.17, 15) is 30.3 Å². The first-order valence-electron chi connectivity index (χ1n) is 17.2. The molecule has 0 saturated heterocycles. The molecule has 5 unspecified atom stereocenters. The molecule has 5 rings (SSSR count). The number of pyridine rings is 1. The number of amides is 2. The van der Waals surface area contributed by atoms with Gasteiger partial charge in [-0.05, 0) is 85.4 Å². The van der Waals surface area contributed by atoms with Gasteiger partial charge in [-0.3, -0.25) is 4.98 Å². The third-order valence-electron chi connectivity index (χ3n) is 9.58. The minimum atomic E-state index is -1.76. The molecule has 2 amide bonds. The number of aliphatic hydroxyl groups is 6. The predicted octanol–water partition coefficient (Wildman–Crippen LogP) is 1.97. The summed E-state index contributed by atoms with van der Waals surface area (Å²) in [6, 6.07) is 16.0. The van der Waals surface area contributed by atoms with Gasteiger partial charge in [-0.1, -0.05) is 36.4 Å². The van der Waals surface area contributed by atoms with Crippen LogP contribution in [0.25, 0.3) is 11.1 Å². The average molecular weight is 679 g/mol. The first-order valence-corrected chi connectivity index (χ1v) is 17.2. The highest BCUT2D eigenvalue weighted by molar-refractivity contribution is 5.75. The summed E-state index contributed by atoms with van der Waals surface area (Å²) in [6.45, 7) is 1.87. The number of hydrogen-bond acceptors (Lipinski definition) is 10. The summed E-state index contributed by atoms with van der Waals surface area (Å²) in [5, 5.41) is 67.1. The number of aliphatic hydroxyl groups excluding tert-OH is 6. The van der Waals surface area contributed by atoms with Crippen LogP contribution in [0.5, 0.6) is 5.75 Å². The molecular weight excluding hydrogens is 628 g/mol. The number of carbonyl (C=O) groups excluding carboxylic acids is 1. The molecule has 2 aliphatic rings. The van der Waals surface area contributed by atoms with E-state index in [1.807, 2.05) is 36.7 Å². The van der Waals surface area contributed by atoms with Crippen molar-refractivity contribution in [2.24, 2.45) is 0 Å². The average Bonchev–Trinajstić information content (AvgIpc) is 4.07. The van der Waals surface area contributed by atoms with Crippen LogP contribution in [-0.2, 0) is 12.1 Å². The van der Waals surface area contributed by atoms with Crippen molar-refractivity contribution in [2.75, 3.05) is 26.3 Å². The van der Waals surface area contributed by atoms with Gasteiger partial charge in [-0.25, -0.2) is 4.79 Å². The highest BCUT2D eigenvalue weighted by Gasteiger charge is 2.46. The van der Waals surface area contributed by atoms with Crippen LogP contribution in [0.3, 0.4) is 0 Å². The molecule has 2 aromatic carbocycles. The lowest BCUT2D eigenvalue weighted by Gasteiger charge is -2.25. The molecule has 49 heavy (non-hydrogen) atoms. The van der Waals surface area contributed by atoms with Gasteiger partial charge in [0.2, 0.25) is 0 Å². The van der Waals surface area contributed by atoms with E-state index >= 15 is 0 Å². The van der Waals surface area contributed by atoms with Crippen LogP contribution in [0.15, 0.2) is 60.9 Å². The van der Waals surface area contributed by atoms with Crippen LogP contribution in [0.1, 0.15) is 66.7 Å². The Morgan fingerprint density at radius 1 is 0.959 bits per heavy atom. The highest BCUT2D eigenvalue weighted by atomic mass is 16.5. The number of nitrogens with zero attached hydrogens (tertiary/aromatic N) is 1. The van der Waals surface area contributed by atoms with Crippen LogP contribution in [0.4, 0.5) is 4.79 Å². The number of aromatic nitrogens is 1. The minimum Gasteiger partial charge on any atom is -0.490 e. The molecule has 12 heteroatoms. The lowest BCUT2D eigenvalue weighted by molar-refractivity contribution is -0.113. The van der Waals surface area contributed by atoms with Crippen molar-refractivity contribution in [3.05, 3.63) is 83.2 Å². The Kier molecular flexibility index (Phi) is 12.6. The van der Waals surface area contributed by atoms with Crippen LogP contribution in [0.2, 0.25) is 0 Å². The molecule has 266 valence electrons. The summed E-state index contributed by atoms with van der Waals surface area (Å²) in [7, 11) is 0. The van der Waals surface area contributed by atoms with Crippen molar-refractivity contribution in [1.29, 1.82) is 0 Å². The van der Waals surface area contributed by atoms with E-state index in [2.05, 4.69) is 52.1 Å². The smallest absolute Gasteiger partial charge is 0.314 e. The standard InChI is InChI=1S/C37H50N4O8/c1-23-8-9-24(25(21-42)5-4-15-39-36(48)40-20-31(44)34(46)35(47)32(45)22-43)17-26(23)18-41-37(13-14-37)30-19-38-16-12-28(30)29-6-2-3-7-33(29)49-27-10-11-27/h2-3,6-9,12,16-17,19,25,27,31-32,34-35,41-47H,4-5,10-11,13-15,18,20-22H2,1H3,(H2,39,40,48). The topological polar surface area (TPSA) is 197 Å². The van der Waals surface area contributed by atoms with Crippen molar-refractivity contribution in [2.45, 2.75) is 94.0 Å². The molecule has 2 aliphatic carbocycles. The van der Waals surface area contributed by atoms with Gasteiger partial charge in [0.05, 0.1) is 18.8 Å². The number of aryl methyl sites for hydroxylation is 1. The Hall–Kier alpha value is -3.62. The molecule has 12 nitrogen and oxygen atoms in total. The highest BCUT2D eigenvalue weighted by Crippen LogP contribution is 2.50. The Bertz CT molecular complexity index is 1530. The molecule has 0 aliphatic heterocycles. The molecule has 0 radical (unpaired) electrons. The number of nitrogens with one attached hydrogen (secondary N) is 3. The molecule has 1 aromatic heterocycles. The second-order valence-corrected chi connectivity index (χ2v) is 13.3. The third-order valence-corrected chi connectivity index (χ3v) is 9.58. The van der Waals surface area contributed by atoms with Gasteiger partial charge in [0.15, 0.2) is 0 Å². The van der Waals surface area contributed by atoms with E-state index in [0.29, 0.717) is 32.0 Å². The summed E-state index contributed by atoms with van der Waals surface area (Å²) in [5.74, 6) is 0.789. The molecular formula is C37H50N4O8. The monoisotopic (exact) mass is 678 g/mol. The Morgan fingerprint density at radius 2 is 1.71 bits per heavy atom. The first kappa shape index (κ1) is 36.7. The molecule has 2 saturated carbocycles. The zero-order chi connectivity index (χ0) is 35.0.